The van der Waals surface area contributed by atoms with Gasteiger partial charge in [0.05, 0.1) is 27.4 Å². The third kappa shape index (κ3) is 4.43. The van der Waals surface area contributed by atoms with E-state index in [-0.39, 0.29) is 12.0 Å². The molecule has 1 saturated heterocycles. The van der Waals surface area contributed by atoms with Gasteiger partial charge in [0, 0.05) is 18.7 Å². The molecular weight excluding hydrogens is 330 g/mol. The van der Waals surface area contributed by atoms with Crippen LogP contribution in [0.1, 0.15) is 17.2 Å². The summed E-state index contributed by atoms with van der Waals surface area (Å²) in [5.74, 6) is 1.34. The Labute approximate surface area is 153 Å². The molecule has 2 aromatic rings. The van der Waals surface area contributed by atoms with E-state index < -0.39 is 0 Å². The summed E-state index contributed by atoms with van der Waals surface area (Å²) in [6.45, 7) is 1.68. The number of ether oxygens (including phenoxy) is 3. The molecule has 5 heteroatoms. The minimum Gasteiger partial charge on any atom is -0.497 e. The van der Waals surface area contributed by atoms with Crippen LogP contribution in [0.15, 0.2) is 54.6 Å². The van der Waals surface area contributed by atoms with Gasteiger partial charge in [-0.25, -0.2) is 0 Å². The Bertz CT molecular complexity index is 751. The van der Waals surface area contributed by atoms with Gasteiger partial charge in [-0.1, -0.05) is 30.3 Å². The number of amides is 1. The zero-order chi connectivity index (χ0) is 18.4. The number of hydrogen-bond acceptors (Lipinski definition) is 4. The van der Waals surface area contributed by atoms with Crippen LogP contribution in [-0.2, 0) is 9.53 Å². The first-order valence-electron chi connectivity index (χ1n) is 8.56. The van der Waals surface area contributed by atoms with Crippen molar-refractivity contribution in [3.8, 4) is 11.5 Å². The molecule has 2 aromatic carbocycles. The van der Waals surface area contributed by atoms with E-state index in [1.807, 2.05) is 47.4 Å². The lowest BCUT2D eigenvalue weighted by Crippen LogP contribution is -2.41. The molecule has 1 heterocycles. The smallest absolute Gasteiger partial charge is 0.246 e. The highest BCUT2D eigenvalue weighted by molar-refractivity contribution is 5.92. The molecule has 0 saturated carbocycles. The summed E-state index contributed by atoms with van der Waals surface area (Å²) < 4.78 is 16.3. The maximum Gasteiger partial charge on any atom is 0.246 e. The summed E-state index contributed by atoms with van der Waals surface area (Å²) in [5.41, 5.74) is 1.94. The number of rotatable bonds is 5. The summed E-state index contributed by atoms with van der Waals surface area (Å²) in [6, 6.07) is 15.5. The van der Waals surface area contributed by atoms with Crippen LogP contribution in [0.5, 0.6) is 11.5 Å². The fourth-order valence-corrected chi connectivity index (χ4v) is 2.92. The summed E-state index contributed by atoms with van der Waals surface area (Å²) in [6.07, 6.45) is 3.28. The molecule has 0 N–H and O–H groups in total. The predicted molar refractivity (Wildman–Crippen MR) is 100 cm³/mol. The molecule has 0 spiro atoms. The highest BCUT2D eigenvalue weighted by atomic mass is 16.5. The largest absolute Gasteiger partial charge is 0.497 e. The lowest BCUT2D eigenvalue weighted by molar-refractivity contribution is -0.133. The normalized spacial score (nSPS) is 17.3. The van der Waals surface area contributed by atoms with Gasteiger partial charge in [0.2, 0.25) is 5.91 Å². The molecule has 3 rings (SSSR count). The monoisotopic (exact) mass is 353 g/mol. The van der Waals surface area contributed by atoms with Crippen molar-refractivity contribution in [2.75, 3.05) is 33.9 Å². The minimum absolute atomic E-state index is 0.0315. The molecule has 1 fully saturated rings. The van der Waals surface area contributed by atoms with Crippen molar-refractivity contribution in [1.82, 2.24) is 4.90 Å². The first-order valence-corrected chi connectivity index (χ1v) is 8.56. The Hall–Kier alpha value is -2.79. The van der Waals surface area contributed by atoms with Crippen molar-refractivity contribution in [1.29, 1.82) is 0 Å². The Kier molecular flexibility index (Phi) is 5.92. The lowest BCUT2D eigenvalue weighted by atomic mass is 10.1. The van der Waals surface area contributed by atoms with Crippen LogP contribution >= 0.6 is 0 Å². The van der Waals surface area contributed by atoms with Gasteiger partial charge in [-0.05, 0) is 29.3 Å². The number of morpholine rings is 1. The fourth-order valence-electron chi connectivity index (χ4n) is 2.92. The van der Waals surface area contributed by atoms with Gasteiger partial charge in [-0.3, -0.25) is 4.79 Å². The average molecular weight is 353 g/mol. The van der Waals surface area contributed by atoms with Gasteiger partial charge >= 0.3 is 0 Å². The van der Waals surface area contributed by atoms with Crippen LogP contribution in [-0.4, -0.2) is 44.7 Å². The van der Waals surface area contributed by atoms with Crippen molar-refractivity contribution in [2.45, 2.75) is 6.10 Å². The first kappa shape index (κ1) is 18.0. The summed E-state index contributed by atoms with van der Waals surface area (Å²) in [5, 5.41) is 0. The quantitative estimate of drug-likeness (QED) is 0.774. The van der Waals surface area contributed by atoms with E-state index in [1.54, 1.807) is 32.4 Å². The molecule has 1 unspecified atom stereocenters. The Morgan fingerprint density at radius 3 is 2.46 bits per heavy atom. The van der Waals surface area contributed by atoms with Crippen LogP contribution in [0.2, 0.25) is 0 Å². The number of carbonyl (C=O) groups excluding carboxylic acids is 1. The van der Waals surface area contributed by atoms with E-state index in [9.17, 15) is 4.79 Å². The van der Waals surface area contributed by atoms with Crippen LogP contribution < -0.4 is 9.47 Å². The van der Waals surface area contributed by atoms with E-state index in [0.717, 1.165) is 11.1 Å². The average Bonchev–Trinajstić information content (AvgIpc) is 2.72. The molecular formula is C21H23NO4. The van der Waals surface area contributed by atoms with Gasteiger partial charge < -0.3 is 19.1 Å². The number of benzene rings is 2. The van der Waals surface area contributed by atoms with Gasteiger partial charge in [-0.2, -0.15) is 0 Å². The van der Waals surface area contributed by atoms with Gasteiger partial charge in [0.25, 0.3) is 0 Å². The summed E-state index contributed by atoms with van der Waals surface area (Å²) >= 11 is 0. The van der Waals surface area contributed by atoms with E-state index in [0.29, 0.717) is 31.2 Å². The second-order valence-corrected chi connectivity index (χ2v) is 6.03. The van der Waals surface area contributed by atoms with E-state index in [2.05, 4.69) is 0 Å². The predicted octanol–water partition coefficient (Wildman–Crippen LogP) is 3.32. The number of hydrogen-bond donors (Lipinski definition) is 0. The number of methoxy groups -OCH3 is 2. The molecule has 1 aliphatic heterocycles. The molecule has 0 bridgehead atoms. The third-order valence-corrected chi connectivity index (χ3v) is 4.34. The lowest BCUT2D eigenvalue weighted by Gasteiger charge is -2.32. The van der Waals surface area contributed by atoms with Crippen LogP contribution in [0.4, 0.5) is 0 Å². The number of nitrogens with zero attached hydrogens (tertiary/aromatic N) is 1. The minimum atomic E-state index is -0.0841. The maximum absolute atomic E-state index is 12.6. The van der Waals surface area contributed by atoms with Crippen LogP contribution in [0, 0.1) is 0 Å². The van der Waals surface area contributed by atoms with Gasteiger partial charge in [-0.15, -0.1) is 0 Å². The molecule has 0 aromatic heterocycles. The molecule has 0 aliphatic carbocycles. The second-order valence-electron chi connectivity index (χ2n) is 6.03. The SMILES string of the molecule is COc1cc(/C=C/C(=O)N2CCOC(c3ccccc3)C2)cc(OC)c1. The standard InChI is InChI=1S/C21H23NO4/c1-24-18-12-16(13-19(14-18)25-2)8-9-21(23)22-10-11-26-20(15-22)17-6-4-3-5-7-17/h3-9,12-14,20H,10-11,15H2,1-2H3/b9-8+. The van der Waals surface area contributed by atoms with E-state index in [1.165, 1.54) is 0 Å². The highest BCUT2D eigenvalue weighted by Crippen LogP contribution is 2.24. The Morgan fingerprint density at radius 1 is 1.12 bits per heavy atom. The van der Waals surface area contributed by atoms with Crippen molar-refractivity contribution in [3.63, 3.8) is 0 Å². The molecule has 136 valence electrons. The zero-order valence-corrected chi connectivity index (χ0v) is 15.1. The maximum atomic E-state index is 12.6. The molecule has 1 atom stereocenters. The summed E-state index contributed by atoms with van der Waals surface area (Å²) in [7, 11) is 3.20. The van der Waals surface area contributed by atoms with Gasteiger partial charge in [0.1, 0.15) is 17.6 Å². The highest BCUT2D eigenvalue weighted by Gasteiger charge is 2.24. The Balaban J connectivity index is 1.68. The number of carbonyl (C=O) groups is 1. The van der Waals surface area contributed by atoms with Crippen molar-refractivity contribution in [2.24, 2.45) is 0 Å². The zero-order valence-electron chi connectivity index (χ0n) is 15.1. The second kappa shape index (κ2) is 8.54. The van der Waals surface area contributed by atoms with E-state index >= 15 is 0 Å². The van der Waals surface area contributed by atoms with Crippen LogP contribution in [0.25, 0.3) is 6.08 Å². The fraction of sp³-hybridized carbons (Fsp3) is 0.286. The summed E-state index contributed by atoms with van der Waals surface area (Å²) in [4.78, 5) is 14.4. The van der Waals surface area contributed by atoms with Gasteiger partial charge in [0.15, 0.2) is 0 Å². The molecule has 0 radical (unpaired) electrons. The van der Waals surface area contributed by atoms with E-state index in [4.69, 9.17) is 14.2 Å². The van der Waals surface area contributed by atoms with Crippen molar-refractivity contribution in [3.05, 3.63) is 65.7 Å². The molecule has 26 heavy (non-hydrogen) atoms. The molecule has 1 amide bonds. The molecule has 5 nitrogen and oxygen atoms in total. The van der Waals surface area contributed by atoms with Crippen molar-refractivity contribution >= 4 is 12.0 Å². The van der Waals surface area contributed by atoms with Crippen molar-refractivity contribution < 1.29 is 19.0 Å². The molecule has 1 aliphatic rings. The first-order chi connectivity index (χ1) is 12.7. The Morgan fingerprint density at radius 2 is 1.81 bits per heavy atom. The van der Waals surface area contributed by atoms with Crippen LogP contribution in [0.3, 0.4) is 0 Å². The third-order valence-electron chi connectivity index (χ3n) is 4.34. The topological polar surface area (TPSA) is 48.0 Å².